The molecule has 9 aromatic carbocycles. The monoisotopic (exact) mass is 636 g/mol. The van der Waals surface area contributed by atoms with Crippen LogP contribution in [0.25, 0.3) is 70.9 Å². The van der Waals surface area contributed by atoms with Crippen LogP contribution in [0.4, 0.5) is 17.1 Å². The van der Waals surface area contributed by atoms with Gasteiger partial charge < -0.3 is 9.47 Å². The molecule has 0 spiro atoms. The highest BCUT2D eigenvalue weighted by Crippen LogP contribution is 2.45. The molecule has 0 atom stereocenters. The summed E-state index contributed by atoms with van der Waals surface area (Å²) in [5, 5.41) is 10.2. The van der Waals surface area contributed by atoms with Crippen LogP contribution < -0.4 is 4.90 Å². The minimum absolute atomic E-state index is 1.11. The van der Waals surface area contributed by atoms with Gasteiger partial charge in [0.1, 0.15) is 0 Å². The van der Waals surface area contributed by atoms with E-state index in [1.165, 1.54) is 65.3 Å². The Morgan fingerprint density at radius 3 is 1.56 bits per heavy atom. The summed E-state index contributed by atoms with van der Waals surface area (Å²) in [4.78, 5) is 2.33. The van der Waals surface area contributed by atoms with E-state index < -0.39 is 0 Å². The van der Waals surface area contributed by atoms with Crippen LogP contribution in [-0.4, -0.2) is 4.57 Å². The number of hydrogen-bond donors (Lipinski definition) is 0. The molecule has 0 aliphatic rings. The Bertz CT molecular complexity index is 2830. The van der Waals surface area contributed by atoms with Crippen LogP contribution in [0.3, 0.4) is 0 Å². The second-order valence-corrected chi connectivity index (χ2v) is 12.9. The van der Waals surface area contributed by atoms with Gasteiger partial charge in [0.05, 0.1) is 11.0 Å². The summed E-state index contributed by atoms with van der Waals surface area (Å²) in [6.07, 6.45) is 0. The van der Waals surface area contributed by atoms with Crippen molar-refractivity contribution in [1.82, 2.24) is 4.57 Å². The third-order valence-corrected chi connectivity index (χ3v) is 10.1. The zero-order valence-corrected chi connectivity index (χ0v) is 27.4. The zero-order chi connectivity index (χ0) is 33.0. The van der Waals surface area contributed by atoms with Gasteiger partial charge >= 0.3 is 0 Å². The summed E-state index contributed by atoms with van der Waals surface area (Å²) in [6.45, 7) is 0. The first-order valence-electron chi connectivity index (χ1n) is 17.2. The molecule has 2 heteroatoms. The van der Waals surface area contributed by atoms with E-state index in [2.05, 4.69) is 204 Å². The number of fused-ring (bicyclic) bond motifs is 10. The van der Waals surface area contributed by atoms with Crippen molar-refractivity contribution >= 4 is 71.2 Å². The Labute approximate surface area is 290 Å². The summed E-state index contributed by atoms with van der Waals surface area (Å²) < 4.78 is 2.48. The minimum atomic E-state index is 1.11. The van der Waals surface area contributed by atoms with Gasteiger partial charge in [-0.15, -0.1) is 0 Å². The normalized spacial score (nSPS) is 11.6. The standard InChI is InChI=1S/C48H32N2/c1-3-13-33(14-4-1)34-23-26-37(27-24-34)49(36-16-5-2-6-17-36)38-28-30-39(31-29-38)50-45-22-12-11-21-44(45)47-42-20-10-9-19-41(42)43-32-25-35-15-7-8-18-40(35)46(43)48(47)50/h1-32H. The van der Waals surface area contributed by atoms with Gasteiger partial charge in [0.15, 0.2) is 0 Å². The molecule has 0 unspecified atom stereocenters. The molecule has 2 nitrogen and oxygen atoms in total. The number of aromatic nitrogens is 1. The van der Waals surface area contributed by atoms with Crippen LogP contribution in [-0.2, 0) is 0 Å². The molecular formula is C48H32N2. The topological polar surface area (TPSA) is 8.17 Å². The fourth-order valence-corrected chi connectivity index (χ4v) is 7.91. The average Bonchev–Trinajstić information content (AvgIpc) is 3.54. The third kappa shape index (κ3) is 4.43. The van der Waals surface area contributed by atoms with Crippen LogP contribution in [0.1, 0.15) is 0 Å². The molecule has 0 amide bonds. The predicted octanol–water partition coefficient (Wildman–Crippen LogP) is 13.4. The van der Waals surface area contributed by atoms with Gasteiger partial charge in [-0.2, -0.15) is 0 Å². The van der Waals surface area contributed by atoms with Crippen molar-refractivity contribution in [2.75, 3.05) is 4.90 Å². The van der Waals surface area contributed by atoms with Crippen molar-refractivity contribution in [3.8, 4) is 16.8 Å². The largest absolute Gasteiger partial charge is 0.311 e. The second-order valence-electron chi connectivity index (χ2n) is 12.9. The van der Waals surface area contributed by atoms with Gasteiger partial charge in [-0.3, -0.25) is 0 Å². The van der Waals surface area contributed by atoms with Crippen LogP contribution in [0.5, 0.6) is 0 Å². The van der Waals surface area contributed by atoms with E-state index in [-0.39, 0.29) is 0 Å². The van der Waals surface area contributed by atoms with Crippen molar-refractivity contribution in [1.29, 1.82) is 0 Å². The molecule has 1 heterocycles. The van der Waals surface area contributed by atoms with E-state index >= 15 is 0 Å². The van der Waals surface area contributed by atoms with Gasteiger partial charge in [0, 0.05) is 38.9 Å². The number of hydrogen-bond acceptors (Lipinski definition) is 1. The van der Waals surface area contributed by atoms with Crippen LogP contribution in [0, 0.1) is 0 Å². The number of benzene rings is 9. The SMILES string of the molecule is c1ccc(-c2ccc(N(c3ccccc3)c3ccc(-n4c5ccccc5c5c6ccccc6c6ccc7ccccc7c6c54)cc3)cc2)cc1. The summed E-state index contributed by atoms with van der Waals surface area (Å²) >= 11 is 0. The van der Waals surface area contributed by atoms with E-state index in [0.717, 1.165) is 22.7 Å². The quantitative estimate of drug-likeness (QED) is 0.171. The third-order valence-electron chi connectivity index (χ3n) is 10.1. The first-order chi connectivity index (χ1) is 24.8. The molecule has 0 saturated carbocycles. The number of anilines is 3. The van der Waals surface area contributed by atoms with Crippen molar-refractivity contribution in [2.45, 2.75) is 0 Å². The molecule has 0 saturated heterocycles. The summed E-state index contributed by atoms with van der Waals surface area (Å²) in [6, 6.07) is 70.3. The van der Waals surface area contributed by atoms with Crippen LogP contribution >= 0.6 is 0 Å². The highest BCUT2D eigenvalue weighted by Gasteiger charge is 2.21. The molecule has 0 bridgehead atoms. The average molecular weight is 637 g/mol. The van der Waals surface area contributed by atoms with Gasteiger partial charge in [0.25, 0.3) is 0 Å². The number of rotatable bonds is 5. The van der Waals surface area contributed by atoms with Crippen molar-refractivity contribution in [3.63, 3.8) is 0 Å². The Kier molecular flexibility index (Phi) is 6.53. The van der Waals surface area contributed by atoms with Gasteiger partial charge in [-0.1, -0.05) is 140 Å². The molecule has 1 aromatic heterocycles. The Morgan fingerprint density at radius 1 is 0.320 bits per heavy atom. The van der Waals surface area contributed by atoms with E-state index in [9.17, 15) is 0 Å². The smallest absolute Gasteiger partial charge is 0.0632 e. The lowest BCUT2D eigenvalue weighted by molar-refractivity contribution is 1.18. The Hall–Kier alpha value is -6.64. The van der Waals surface area contributed by atoms with E-state index in [0.29, 0.717) is 0 Å². The van der Waals surface area contributed by atoms with Crippen LogP contribution in [0.15, 0.2) is 194 Å². The first-order valence-corrected chi connectivity index (χ1v) is 17.2. The van der Waals surface area contributed by atoms with Gasteiger partial charge in [-0.05, 0) is 92.7 Å². The molecular weight excluding hydrogens is 605 g/mol. The van der Waals surface area contributed by atoms with Crippen LogP contribution in [0.2, 0.25) is 0 Å². The van der Waals surface area contributed by atoms with E-state index in [1.54, 1.807) is 0 Å². The molecule has 0 aliphatic heterocycles. The summed E-state index contributed by atoms with van der Waals surface area (Å²) in [7, 11) is 0. The fourth-order valence-electron chi connectivity index (χ4n) is 7.91. The highest BCUT2D eigenvalue weighted by molar-refractivity contribution is 6.36. The van der Waals surface area contributed by atoms with E-state index in [1.807, 2.05) is 0 Å². The highest BCUT2D eigenvalue weighted by atomic mass is 15.1. The molecule has 0 aliphatic carbocycles. The van der Waals surface area contributed by atoms with Crippen molar-refractivity contribution < 1.29 is 0 Å². The molecule has 0 N–H and O–H groups in total. The predicted molar refractivity (Wildman–Crippen MR) is 213 cm³/mol. The lowest BCUT2D eigenvalue weighted by atomic mass is 9.93. The van der Waals surface area contributed by atoms with Crippen molar-refractivity contribution in [2.24, 2.45) is 0 Å². The summed E-state index contributed by atoms with van der Waals surface area (Å²) in [5.41, 5.74) is 9.35. The van der Waals surface area contributed by atoms with Gasteiger partial charge in [-0.25, -0.2) is 0 Å². The maximum Gasteiger partial charge on any atom is 0.0632 e. The van der Waals surface area contributed by atoms with Crippen molar-refractivity contribution in [3.05, 3.63) is 194 Å². The number of nitrogens with zero attached hydrogens (tertiary/aromatic N) is 2. The minimum Gasteiger partial charge on any atom is -0.311 e. The maximum absolute atomic E-state index is 2.48. The van der Waals surface area contributed by atoms with E-state index in [4.69, 9.17) is 0 Å². The lowest BCUT2D eigenvalue weighted by Crippen LogP contribution is -2.10. The fraction of sp³-hybridized carbons (Fsp3) is 0. The van der Waals surface area contributed by atoms with Gasteiger partial charge in [0.2, 0.25) is 0 Å². The second kappa shape index (κ2) is 11.5. The molecule has 0 fully saturated rings. The Balaban J connectivity index is 1.20. The zero-order valence-electron chi connectivity index (χ0n) is 27.4. The molecule has 234 valence electrons. The number of para-hydroxylation sites is 2. The molecule has 0 radical (unpaired) electrons. The molecule has 10 rings (SSSR count). The molecule has 50 heavy (non-hydrogen) atoms. The maximum atomic E-state index is 2.48. The summed E-state index contributed by atoms with van der Waals surface area (Å²) in [5.74, 6) is 0. The first kappa shape index (κ1) is 28.4. The Morgan fingerprint density at radius 2 is 0.820 bits per heavy atom. The lowest BCUT2D eigenvalue weighted by Gasteiger charge is -2.26. The molecule has 10 aromatic rings.